The fourth-order valence-electron chi connectivity index (χ4n) is 3.96. The number of nitrogens with one attached hydrogen (secondary N) is 1. The van der Waals surface area contributed by atoms with Crippen molar-refractivity contribution in [2.75, 3.05) is 32.8 Å². The number of aliphatic carboxylic acids is 1. The molecule has 0 saturated carbocycles. The van der Waals surface area contributed by atoms with E-state index in [1.807, 2.05) is 18.2 Å². The van der Waals surface area contributed by atoms with Crippen molar-refractivity contribution >= 4 is 34.4 Å². The monoisotopic (exact) mass is 574 g/mol. The Morgan fingerprint density at radius 1 is 1.10 bits per heavy atom. The van der Waals surface area contributed by atoms with Gasteiger partial charge < -0.3 is 19.3 Å². The van der Waals surface area contributed by atoms with E-state index in [0.29, 0.717) is 30.5 Å². The molecule has 0 aliphatic heterocycles. The molecule has 0 aliphatic rings. The Morgan fingerprint density at radius 2 is 1.85 bits per heavy atom. The van der Waals surface area contributed by atoms with Crippen LogP contribution in [0.3, 0.4) is 0 Å². The fraction of sp³-hybridized carbons (Fsp3) is 0.345. The van der Waals surface area contributed by atoms with E-state index < -0.39 is 34.8 Å². The molecule has 8 nitrogen and oxygen atoms in total. The van der Waals surface area contributed by atoms with Crippen molar-refractivity contribution in [2.24, 2.45) is 0 Å². The van der Waals surface area contributed by atoms with Crippen molar-refractivity contribution in [2.45, 2.75) is 39.0 Å². The maximum Gasteiger partial charge on any atom is 0.371 e. The summed E-state index contributed by atoms with van der Waals surface area (Å²) in [6, 6.07) is 7.34. The molecule has 0 bridgehead atoms. The Kier molecular flexibility index (Phi) is 11.6. The average Bonchev–Trinajstić information content (AvgIpc) is 3.39. The zero-order chi connectivity index (χ0) is 29.1. The van der Waals surface area contributed by atoms with E-state index in [2.05, 4.69) is 22.0 Å². The van der Waals surface area contributed by atoms with Crippen molar-refractivity contribution in [1.82, 2.24) is 4.98 Å². The van der Waals surface area contributed by atoms with Gasteiger partial charge in [-0.05, 0) is 36.6 Å². The molecule has 11 heteroatoms. The van der Waals surface area contributed by atoms with E-state index in [1.165, 1.54) is 12.8 Å². The van der Waals surface area contributed by atoms with Gasteiger partial charge in [-0.25, -0.2) is 18.6 Å². The van der Waals surface area contributed by atoms with Crippen LogP contribution in [-0.4, -0.2) is 49.4 Å². The highest BCUT2D eigenvalue weighted by Gasteiger charge is 2.19. The Hall–Kier alpha value is -3.83. The minimum atomic E-state index is -1.49. The lowest BCUT2D eigenvalue weighted by Crippen LogP contribution is -2.13. The molecule has 3 rings (SSSR count). The number of amides is 1. The summed E-state index contributed by atoms with van der Waals surface area (Å²) in [7, 11) is 2.65. The summed E-state index contributed by atoms with van der Waals surface area (Å²) >= 11 is 1.15. The van der Waals surface area contributed by atoms with Crippen LogP contribution >= 0.6 is 11.3 Å². The number of methoxy groups -OCH3 is 2. The van der Waals surface area contributed by atoms with Crippen molar-refractivity contribution < 1.29 is 37.7 Å². The van der Waals surface area contributed by atoms with Gasteiger partial charge in [0.2, 0.25) is 5.76 Å². The lowest BCUT2D eigenvalue weighted by molar-refractivity contribution is -0.135. The molecule has 1 heterocycles. The number of unbranched alkanes of at least 4 members (excludes halogenated alkanes) is 3. The molecule has 40 heavy (non-hydrogen) atoms. The number of carboxylic acid groups (broad SMARTS) is 1. The van der Waals surface area contributed by atoms with Gasteiger partial charge in [-0.15, -0.1) is 11.3 Å². The van der Waals surface area contributed by atoms with Gasteiger partial charge in [0.1, 0.15) is 17.4 Å². The molecular formula is C29H32F2N2O6S. The lowest BCUT2D eigenvalue weighted by atomic mass is 10.0. The van der Waals surface area contributed by atoms with E-state index in [0.717, 1.165) is 61.2 Å². The highest BCUT2D eigenvalue weighted by atomic mass is 32.1. The molecule has 0 saturated heterocycles. The number of ether oxygens (including phenoxy) is 3. The van der Waals surface area contributed by atoms with Gasteiger partial charge in [-0.2, -0.15) is 0 Å². The van der Waals surface area contributed by atoms with Gasteiger partial charge in [-0.1, -0.05) is 38.3 Å². The maximum atomic E-state index is 14.5. The molecule has 1 aromatic heterocycles. The van der Waals surface area contributed by atoms with Crippen LogP contribution in [0.4, 0.5) is 13.9 Å². The predicted molar refractivity (Wildman–Crippen MR) is 150 cm³/mol. The van der Waals surface area contributed by atoms with Crippen LogP contribution in [0.25, 0.3) is 17.3 Å². The smallest absolute Gasteiger partial charge is 0.371 e. The lowest BCUT2D eigenvalue weighted by Gasteiger charge is -2.13. The summed E-state index contributed by atoms with van der Waals surface area (Å²) in [5, 5.41) is 13.5. The van der Waals surface area contributed by atoms with E-state index in [4.69, 9.17) is 14.6 Å². The fourth-order valence-corrected chi connectivity index (χ4v) is 4.66. The quantitative estimate of drug-likeness (QED) is 0.120. The molecule has 0 fully saturated rings. The number of halogens is 2. The molecule has 0 radical (unpaired) electrons. The van der Waals surface area contributed by atoms with E-state index in [1.54, 1.807) is 12.5 Å². The second kappa shape index (κ2) is 15.1. The summed E-state index contributed by atoms with van der Waals surface area (Å²) in [6.07, 6.45) is 5.96. The van der Waals surface area contributed by atoms with E-state index in [9.17, 15) is 18.4 Å². The summed E-state index contributed by atoms with van der Waals surface area (Å²) in [4.78, 5) is 28.3. The zero-order valence-corrected chi connectivity index (χ0v) is 23.4. The minimum absolute atomic E-state index is 0.222. The Balaban J connectivity index is 1.71. The molecule has 2 N–H and O–H groups in total. The number of thiazole rings is 1. The number of aromatic nitrogens is 1. The Bertz CT molecular complexity index is 1340. The maximum absolute atomic E-state index is 14.5. The van der Waals surface area contributed by atoms with Crippen molar-refractivity contribution in [3.05, 3.63) is 69.8 Å². The number of carbonyl (C=O) groups excluding carboxylic acids is 1. The van der Waals surface area contributed by atoms with Crippen LogP contribution in [0, 0.1) is 11.6 Å². The van der Waals surface area contributed by atoms with Crippen LogP contribution in [0.2, 0.25) is 0 Å². The van der Waals surface area contributed by atoms with Crippen LogP contribution in [0.5, 0.6) is 5.75 Å². The van der Waals surface area contributed by atoms with Crippen molar-refractivity contribution in [3.8, 4) is 17.0 Å². The minimum Gasteiger partial charge on any atom is -0.496 e. The molecular weight excluding hydrogens is 542 g/mol. The molecule has 1 amide bonds. The third-order valence-electron chi connectivity index (χ3n) is 6.01. The summed E-state index contributed by atoms with van der Waals surface area (Å²) < 4.78 is 45.2. The van der Waals surface area contributed by atoms with Crippen LogP contribution in [-0.2, 0) is 20.7 Å². The van der Waals surface area contributed by atoms with Crippen LogP contribution in [0.15, 0.2) is 41.5 Å². The van der Waals surface area contributed by atoms with Crippen molar-refractivity contribution in [3.63, 3.8) is 0 Å². The second-order valence-corrected chi connectivity index (χ2v) is 9.64. The number of rotatable bonds is 15. The number of hydrogen-bond donors (Lipinski definition) is 2. The number of benzene rings is 2. The number of carbonyl (C=O) groups is 2. The van der Waals surface area contributed by atoms with Gasteiger partial charge in [0, 0.05) is 34.8 Å². The van der Waals surface area contributed by atoms with E-state index >= 15 is 0 Å². The normalized spacial score (nSPS) is 11.4. The standard InChI is InChI=1S/C29H32F2N2O6S/c1-4-5-6-7-12-39-13-11-18-9-8-10-20(26(18)38-3)24-17-40-29(32-24)33-27(34)19-14-22(30)21(23(31)15-19)16-25(37-2)28(35)36/h8-10,14-17H,4-7,11-13H2,1-3H3,(H,35,36)(H,32,33,34)/b25-16-. The first kappa shape index (κ1) is 30.7. The zero-order valence-electron chi connectivity index (χ0n) is 22.6. The van der Waals surface area contributed by atoms with Crippen LogP contribution < -0.4 is 10.1 Å². The molecule has 214 valence electrons. The van der Waals surface area contributed by atoms with Gasteiger partial charge in [0.15, 0.2) is 5.13 Å². The van der Waals surface area contributed by atoms with Crippen LogP contribution in [0.1, 0.15) is 54.1 Å². The predicted octanol–water partition coefficient (Wildman–Crippen LogP) is 6.56. The Morgan fingerprint density at radius 3 is 2.50 bits per heavy atom. The highest BCUT2D eigenvalue weighted by Crippen LogP contribution is 2.35. The van der Waals surface area contributed by atoms with Gasteiger partial charge in [0.25, 0.3) is 5.91 Å². The summed E-state index contributed by atoms with van der Waals surface area (Å²) in [5.74, 6) is -4.50. The van der Waals surface area contributed by atoms with Gasteiger partial charge >= 0.3 is 5.97 Å². The third kappa shape index (κ3) is 8.09. The molecule has 3 aromatic rings. The molecule has 0 unspecified atom stereocenters. The average molecular weight is 575 g/mol. The Labute approximate surface area is 235 Å². The van der Waals surface area contributed by atoms with E-state index in [-0.39, 0.29) is 10.7 Å². The highest BCUT2D eigenvalue weighted by molar-refractivity contribution is 7.14. The van der Waals surface area contributed by atoms with Gasteiger partial charge in [0.05, 0.1) is 26.5 Å². The largest absolute Gasteiger partial charge is 0.496 e. The summed E-state index contributed by atoms with van der Waals surface area (Å²) in [5.41, 5.74) is 1.33. The first-order valence-corrected chi connectivity index (χ1v) is 13.7. The first-order chi connectivity index (χ1) is 19.3. The molecule has 0 aliphatic carbocycles. The van der Waals surface area contributed by atoms with Crippen molar-refractivity contribution in [1.29, 1.82) is 0 Å². The number of nitrogens with zero attached hydrogens (tertiary/aromatic N) is 1. The molecule has 0 atom stereocenters. The second-order valence-electron chi connectivity index (χ2n) is 8.78. The van der Waals surface area contributed by atoms with Gasteiger partial charge in [-0.3, -0.25) is 10.1 Å². The number of carboxylic acids is 1. The SMILES string of the molecule is CCCCCCOCCc1cccc(-c2csc(NC(=O)c3cc(F)c(/C=C(\OC)C(=O)O)c(F)c3)n2)c1OC. The number of hydrogen-bond acceptors (Lipinski definition) is 7. The topological polar surface area (TPSA) is 107 Å². The number of anilines is 1. The number of para-hydroxylation sites is 1. The summed E-state index contributed by atoms with van der Waals surface area (Å²) in [6.45, 7) is 3.46. The molecule has 0 spiro atoms. The molecule has 2 aromatic carbocycles. The third-order valence-corrected chi connectivity index (χ3v) is 6.76. The first-order valence-electron chi connectivity index (χ1n) is 12.8.